The van der Waals surface area contributed by atoms with E-state index in [2.05, 4.69) is 19.8 Å². The standard InChI is InChI=1S/C14H10ClF3N4O/c15-13-10-7-22(21-11(10)4-5-19-13)6-9-2-1-3-12(20-9)23-8-14(16,17)18/h1-5,7H,6,8H2. The van der Waals surface area contributed by atoms with Crippen LogP contribution >= 0.6 is 11.6 Å². The van der Waals surface area contributed by atoms with Crippen LogP contribution in [-0.2, 0) is 6.54 Å². The molecule has 0 amide bonds. The van der Waals surface area contributed by atoms with Crippen molar-refractivity contribution in [3.63, 3.8) is 0 Å². The summed E-state index contributed by atoms with van der Waals surface area (Å²) in [6, 6.07) is 6.34. The van der Waals surface area contributed by atoms with Crippen molar-refractivity contribution in [3.8, 4) is 5.88 Å². The van der Waals surface area contributed by atoms with Crippen molar-refractivity contribution in [2.75, 3.05) is 6.61 Å². The molecule has 0 fully saturated rings. The first-order valence-corrected chi connectivity index (χ1v) is 6.92. The minimum absolute atomic E-state index is 0.0868. The Hall–Kier alpha value is -2.35. The van der Waals surface area contributed by atoms with Gasteiger partial charge in [0.2, 0.25) is 5.88 Å². The number of nitrogens with zero attached hydrogens (tertiary/aromatic N) is 4. The molecular formula is C14H10ClF3N4O. The van der Waals surface area contributed by atoms with E-state index in [0.717, 1.165) is 0 Å². The van der Waals surface area contributed by atoms with Crippen molar-refractivity contribution in [2.24, 2.45) is 0 Å². The van der Waals surface area contributed by atoms with E-state index >= 15 is 0 Å². The number of pyridine rings is 2. The summed E-state index contributed by atoms with van der Waals surface area (Å²) in [4.78, 5) is 7.99. The predicted octanol–water partition coefficient (Wildman–Crippen LogP) is 3.47. The van der Waals surface area contributed by atoms with Gasteiger partial charge in [-0.2, -0.15) is 18.3 Å². The normalized spacial score (nSPS) is 11.8. The van der Waals surface area contributed by atoms with Gasteiger partial charge in [0.25, 0.3) is 0 Å². The summed E-state index contributed by atoms with van der Waals surface area (Å²) in [6.07, 6.45) is -1.15. The minimum atomic E-state index is -4.40. The molecule has 0 atom stereocenters. The number of hydrogen-bond acceptors (Lipinski definition) is 4. The maximum atomic E-state index is 12.2. The molecule has 120 valence electrons. The fraction of sp³-hybridized carbons (Fsp3) is 0.214. The van der Waals surface area contributed by atoms with Crippen LogP contribution in [0.1, 0.15) is 5.69 Å². The number of fused-ring (bicyclic) bond motifs is 1. The highest BCUT2D eigenvalue weighted by atomic mass is 35.5. The summed E-state index contributed by atoms with van der Waals surface area (Å²) in [5.74, 6) is -0.0868. The Bertz CT molecular complexity index is 834. The highest BCUT2D eigenvalue weighted by Crippen LogP contribution is 2.20. The quantitative estimate of drug-likeness (QED) is 0.681. The van der Waals surface area contributed by atoms with Crippen LogP contribution in [0.5, 0.6) is 5.88 Å². The summed E-state index contributed by atoms with van der Waals surface area (Å²) < 4.78 is 42.7. The summed E-state index contributed by atoms with van der Waals surface area (Å²) in [5, 5.41) is 5.35. The van der Waals surface area contributed by atoms with E-state index in [1.165, 1.54) is 6.07 Å². The number of ether oxygens (including phenoxy) is 1. The van der Waals surface area contributed by atoms with Crippen LogP contribution in [0.4, 0.5) is 13.2 Å². The second-order valence-corrected chi connectivity index (χ2v) is 5.09. The van der Waals surface area contributed by atoms with Gasteiger partial charge in [0, 0.05) is 18.5 Å². The lowest BCUT2D eigenvalue weighted by Crippen LogP contribution is -2.19. The van der Waals surface area contributed by atoms with Gasteiger partial charge in [0.05, 0.1) is 23.1 Å². The third kappa shape index (κ3) is 3.89. The zero-order valence-corrected chi connectivity index (χ0v) is 12.3. The summed E-state index contributed by atoms with van der Waals surface area (Å²) >= 11 is 5.98. The zero-order chi connectivity index (χ0) is 16.4. The van der Waals surface area contributed by atoms with E-state index in [1.807, 2.05) is 0 Å². The van der Waals surface area contributed by atoms with E-state index in [0.29, 0.717) is 21.7 Å². The number of hydrogen-bond donors (Lipinski definition) is 0. The Balaban J connectivity index is 1.77. The average molecular weight is 343 g/mol. The number of alkyl halides is 3. The molecule has 3 aromatic rings. The third-order valence-corrected chi connectivity index (χ3v) is 3.22. The maximum absolute atomic E-state index is 12.2. The second-order valence-electron chi connectivity index (χ2n) is 4.73. The van der Waals surface area contributed by atoms with Crippen LogP contribution < -0.4 is 4.74 Å². The van der Waals surface area contributed by atoms with Crippen LogP contribution in [0.3, 0.4) is 0 Å². The molecule has 9 heteroatoms. The van der Waals surface area contributed by atoms with E-state index in [1.54, 1.807) is 35.3 Å². The summed E-state index contributed by atoms with van der Waals surface area (Å²) in [7, 11) is 0. The summed E-state index contributed by atoms with van der Waals surface area (Å²) in [6.45, 7) is -1.11. The lowest BCUT2D eigenvalue weighted by atomic mass is 10.3. The Morgan fingerprint density at radius 3 is 2.78 bits per heavy atom. The molecule has 3 rings (SSSR count). The van der Waals surface area contributed by atoms with Gasteiger partial charge in [-0.1, -0.05) is 17.7 Å². The minimum Gasteiger partial charge on any atom is -0.468 e. The topological polar surface area (TPSA) is 52.8 Å². The largest absolute Gasteiger partial charge is 0.468 e. The lowest BCUT2D eigenvalue weighted by Gasteiger charge is -2.09. The van der Waals surface area contributed by atoms with E-state index in [4.69, 9.17) is 11.6 Å². The highest BCUT2D eigenvalue weighted by Gasteiger charge is 2.28. The molecular weight excluding hydrogens is 333 g/mol. The van der Waals surface area contributed by atoms with Crippen molar-refractivity contribution < 1.29 is 17.9 Å². The first kappa shape index (κ1) is 15.5. The van der Waals surface area contributed by atoms with E-state index in [9.17, 15) is 13.2 Å². The first-order valence-electron chi connectivity index (χ1n) is 6.54. The fourth-order valence-corrected chi connectivity index (χ4v) is 2.19. The van der Waals surface area contributed by atoms with Gasteiger partial charge in [-0.05, 0) is 12.1 Å². The number of aromatic nitrogens is 4. The number of halogens is 4. The van der Waals surface area contributed by atoms with Gasteiger partial charge in [0.15, 0.2) is 6.61 Å². The maximum Gasteiger partial charge on any atom is 0.422 e. The molecule has 0 aliphatic carbocycles. The monoisotopic (exact) mass is 342 g/mol. The SMILES string of the molecule is FC(F)(F)COc1cccc(Cn2cc3c(Cl)nccc3n2)n1. The van der Waals surface area contributed by atoms with Gasteiger partial charge < -0.3 is 4.74 Å². The fourth-order valence-electron chi connectivity index (χ4n) is 1.99. The van der Waals surface area contributed by atoms with Gasteiger partial charge in [-0.3, -0.25) is 4.68 Å². The predicted molar refractivity (Wildman–Crippen MR) is 77.4 cm³/mol. The molecule has 3 heterocycles. The summed E-state index contributed by atoms with van der Waals surface area (Å²) in [5.41, 5.74) is 1.19. The molecule has 0 aliphatic rings. The third-order valence-electron chi connectivity index (χ3n) is 2.92. The molecule has 0 aliphatic heterocycles. The van der Waals surface area contributed by atoms with Crippen molar-refractivity contribution >= 4 is 22.5 Å². The molecule has 0 aromatic carbocycles. The first-order chi connectivity index (χ1) is 10.9. The van der Waals surface area contributed by atoms with Crippen LogP contribution in [0.25, 0.3) is 10.9 Å². The van der Waals surface area contributed by atoms with E-state index < -0.39 is 12.8 Å². The Labute approximate surface area is 133 Å². The molecule has 0 saturated heterocycles. The van der Waals surface area contributed by atoms with E-state index in [-0.39, 0.29) is 12.4 Å². The van der Waals surface area contributed by atoms with Crippen LogP contribution in [0.2, 0.25) is 5.15 Å². The van der Waals surface area contributed by atoms with Crippen molar-refractivity contribution in [3.05, 3.63) is 47.5 Å². The van der Waals surface area contributed by atoms with Crippen LogP contribution in [-0.4, -0.2) is 32.5 Å². The lowest BCUT2D eigenvalue weighted by molar-refractivity contribution is -0.154. The molecule has 5 nitrogen and oxygen atoms in total. The average Bonchev–Trinajstić information content (AvgIpc) is 2.89. The van der Waals surface area contributed by atoms with Gasteiger partial charge in [0.1, 0.15) is 5.15 Å². The Morgan fingerprint density at radius 1 is 1.22 bits per heavy atom. The molecule has 0 unspecified atom stereocenters. The highest BCUT2D eigenvalue weighted by molar-refractivity contribution is 6.34. The molecule has 0 saturated carbocycles. The molecule has 23 heavy (non-hydrogen) atoms. The molecule has 3 aromatic heterocycles. The van der Waals surface area contributed by atoms with Gasteiger partial charge >= 0.3 is 6.18 Å². The van der Waals surface area contributed by atoms with Crippen molar-refractivity contribution in [2.45, 2.75) is 12.7 Å². The number of rotatable bonds is 4. The molecule has 0 spiro atoms. The molecule has 0 N–H and O–H groups in total. The van der Waals surface area contributed by atoms with Gasteiger partial charge in [-0.15, -0.1) is 0 Å². The van der Waals surface area contributed by atoms with Crippen molar-refractivity contribution in [1.29, 1.82) is 0 Å². The van der Waals surface area contributed by atoms with Crippen LogP contribution in [0.15, 0.2) is 36.7 Å². The Kier molecular flexibility index (Phi) is 4.08. The molecule has 0 bridgehead atoms. The van der Waals surface area contributed by atoms with Crippen molar-refractivity contribution in [1.82, 2.24) is 19.7 Å². The smallest absolute Gasteiger partial charge is 0.422 e. The Morgan fingerprint density at radius 2 is 2.04 bits per heavy atom. The zero-order valence-electron chi connectivity index (χ0n) is 11.6. The van der Waals surface area contributed by atoms with Gasteiger partial charge in [-0.25, -0.2) is 9.97 Å². The molecule has 0 radical (unpaired) electrons. The van der Waals surface area contributed by atoms with Crippen LogP contribution in [0, 0.1) is 0 Å². The second kappa shape index (κ2) is 6.04.